The second kappa shape index (κ2) is 6.30. The van der Waals surface area contributed by atoms with Gasteiger partial charge in [-0.3, -0.25) is 0 Å². The molecule has 1 N–H and O–H groups in total. The largest absolute Gasteiger partial charge is 0.468 e. The van der Waals surface area contributed by atoms with Crippen LogP contribution < -0.4 is 4.68 Å². The summed E-state index contributed by atoms with van der Waals surface area (Å²) in [6.45, 7) is 23.2. The molecule has 0 atom stereocenters. The summed E-state index contributed by atoms with van der Waals surface area (Å²) in [5.41, 5.74) is 3.67. The summed E-state index contributed by atoms with van der Waals surface area (Å²) >= 11 is 0. The molecule has 0 saturated carbocycles. The molecular formula is C21H36N3O+. The van der Waals surface area contributed by atoms with E-state index < -0.39 is 0 Å². The van der Waals surface area contributed by atoms with Crippen LogP contribution in [0, 0.1) is 0 Å². The summed E-state index contributed by atoms with van der Waals surface area (Å²) < 4.78 is 8.09. The standard InChI is InChI=1S/C21H35N3O/c1-14(2)16-17(19(3,4)5)24(23-22-16)13-21(9,10)15-11-12-25-18(15)20(6,7)8/h11-12,14H,13H2,1-10H3/p+1. The van der Waals surface area contributed by atoms with Gasteiger partial charge in [0.2, 0.25) is 5.69 Å². The fourth-order valence-electron chi connectivity index (χ4n) is 3.56. The van der Waals surface area contributed by atoms with Crippen LogP contribution in [0.25, 0.3) is 0 Å². The van der Waals surface area contributed by atoms with Crippen LogP contribution in [0.5, 0.6) is 0 Å². The highest BCUT2D eigenvalue weighted by molar-refractivity contribution is 5.30. The van der Waals surface area contributed by atoms with E-state index in [-0.39, 0.29) is 16.2 Å². The molecule has 0 unspecified atom stereocenters. The molecule has 0 aliphatic carbocycles. The lowest BCUT2D eigenvalue weighted by molar-refractivity contribution is -0.768. The van der Waals surface area contributed by atoms with Gasteiger partial charge in [0.1, 0.15) is 12.3 Å². The van der Waals surface area contributed by atoms with Gasteiger partial charge in [0.15, 0.2) is 5.69 Å². The predicted octanol–water partition coefficient (Wildman–Crippen LogP) is 4.99. The molecule has 0 aromatic carbocycles. The summed E-state index contributed by atoms with van der Waals surface area (Å²) in [6, 6.07) is 2.12. The van der Waals surface area contributed by atoms with Gasteiger partial charge in [0.05, 0.1) is 6.26 Å². The van der Waals surface area contributed by atoms with E-state index in [1.54, 1.807) is 0 Å². The maximum atomic E-state index is 5.86. The Balaban J connectivity index is 2.48. The monoisotopic (exact) mass is 346 g/mol. The van der Waals surface area contributed by atoms with E-state index in [4.69, 9.17) is 4.42 Å². The van der Waals surface area contributed by atoms with Gasteiger partial charge in [-0.25, -0.2) is 0 Å². The first-order chi connectivity index (χ1) is 11.2. The van der Waals surface area contributed by atoms with Crippen molar-refractivity contribution in [2.24, 2.45) is 0 Å². The molecule has 0 aliphatic rings. The molecule has 2 heterocycles. The zero-order valence-corrected chi connectivity index (χ0v) is 17.7. The summed E-state index contributed by atoms with van der Waals surface area (Å²) in [5.74, 6) is 1.47. The van der Waals surface area contributed by atoms with Crippen LogP contribution in [0.1, 0.15) is 97.9 Å². The zero-order chi connectivity index (χ0) is 19.2. The van der Waals surface area contributed by atoms with Crippen LogP contribution in [-0.4, -0.2) is 10.3 Å². The Morgan fingerprint density at radius 2 is 1.64 bits per heavy atom. The number of nitrogens with zero attached hydrogens (tertiary/aromatic N) is 2. The molecule has 0 saturated heterocycles. The Kier molecular flexibility index (Phi) is 4.97. The number of hydrogen-bond acceptors (Lipinski definition) is 2. The average Bonchev–Trinajstić information content (AvgIpc) is 3.01. The Morgan fingerprint density at radius 1 is 1.04 bits per heavy atom. The summed E-state index contributed by atoms with van der Waals surface area (Å²) in [5, 5.41) is 7.91. The van der Waals surface area contributed by atoms with Crippen LogP contribution in [0.4, 0.5) is 0 Å². The first kappa shape index (κ1) is 19.7. The lowest BCUT2D eigenvalue weighted by Crippen LogP contribution is -2.50. The third kappa shape index (κ3) is 3.99. The van der Waals surface area contributed by atoms with E-state index in [1.807, 2.05) is 6.26 Å². The number of aromatic amines is 1. The highest BCUT2D eigenvalue weighted by atomic mass is 16.3. The quantitative estimate of drug-likeness (QED) is 0.793. The topological polar surface area (TPSA) is 45.7 Å². The molecule has 2 aromatic rings. The van der Waals surface area contributed by atoms with Crippen molar-refractivity contribution in [2.45, 2.75) is 97.9 Å². The van der Waals surface area contributed by atoms with Crippen LogP contribution in [0.3, 0.4) is 0 Å². The average molecular weight is 347 g/mol. The van der Waals surface area contributed by atoms with E-state index in [0.29, 0.717) is 5.92 Å². The van der Waals surface area contributed by atoms with Crippen LogP contribution in [0.15, 0.2) is 16.7 Å². The van der Waals surface area contributed by atoms with Gasteiger partial charge < -0.3 is 4.42 Å². The smallest absolute Gasteiger partial charge is 0.224 e. The molecule has 2 aromatic heterocycles. The highest BCUT2D eigenvalue weighted by Crippen LogP contribution is 2.35. The first-order valence-electron chi connectivity index (χ1n) is 9.32. The SMILES string of the molecule is CC(C)c1n[nH][n+](CC(C)(C)c2ccoc2C(C)(C)C)c1C(C)(C)C. The Labute approximate surface area is 153 Å². The molecule has 0 aliphatic heterocycles. The number of nitrogens with one attached hydrogen (secondary N) is 1. The Bertz CT molecular complexity index is 721. The van der Waals surface area contributed by atoms with E-state index in [9.17, 15) is 0 Å². The van der Waals surface area contributed by atoms with Gasteiger partial charge in [-0.05, 0) is 6.07 Å². The van der Waals surface area contributed by atoms with Crippen molar-refractivity contribution in [3.63, 3.8) is 0 Å². The van der Waals surface area contributed by atoms with Crippen molar-refractivity contribution in [2.75, 3.05) is 0 Å². The normalized spacial score (nSPS) is 13.7. The van der Waals surface area contributed by atoms with Crippen molar-refractivity contribution in [3.05, 3.63) is 35.0 Å². The van der Waals surface area contributed by atoms with Crippen molar-refractivity contribution in [1.82, 2.24) is 10.3 Å². The first-order valence-corrected chi connectivity index (χ1v) is 9.32. The molecule has 140 valence electrons. The number of rotatable bonds is 4. The number of aromatic nitrogens is 3. The minimum atomic E-state index is -0.0684. The van der Waals surface area contributed by atoms with Crippen LogP contribution in [0.2, 0.25) is 0 Å². The van der Waals surface area contributed by atoms with E-state index >= 15 is 0 Å². The molecular weight excluding hydrogens is 310 g/mol. The highest BCUT2D eigenvalue weighted by Gasteiger charge is 2.38. The summed E-state index contributed by atoms with van der Waals surface area (Å²) in [7, 11) is 0. The van der Waals surface area contributed by atoms with E-state index in [1.165, 1.54) is 11.3 Å². The Hall–Kier alpha value is -1.58. The van der Waals surface area contributed by atoms with Crippen molar-refractivity contribution in [3.8, 4) is 0 Å². The molecule has 25 heavy (non-hydrogen) atoms. The van der Waals surface area contributed by atoms with Gasteiger partial charge in [0, 0.05) is 32.8 Å². The van der Waals surface area contributed by atoms with Gasteiger partial charge in [-0.2, -0.15) is 4.68 Å². The fourth-order valence-corrected chi connectivity index (χ4v) is 3.56. The van der Waals surface area contributed by atoms with Crippen LogP contribution in [-0.2, 0) is 22.8 Å². The van der Waals surface area contributed by atoms with Crippen molar-refractivity contribution in [1.29, 1.82) is 0 Å². The molecule has 4 heteroatoms. The predicted molar refractivity (Wildman–Crippen MR) is 102 cm³/mol. The molecule has 0 amide bonds. The fraction of sp³-hybridized carbons (Fsp3) is 0.714. The van der Waals surface area contributed by atoms with Gasteiger partial charge in [0.25, 0.3) is 0 Å². The van der Waals surface area contributed by atoms with Gasteiger partial charge in [-0.15, -0.1) is 0 Å². The Morgan fingerprint density at radius 3 is 2.12 bits per heavy atom. The molecule has 0 fully saturated rings. The zero-order valence-electron chi connectivity index (χ0n) is 17.7. The van der Waals surface area contributed by atoms with Gasteiger partial charge >= 0.3 is 0 Å². The van der Waals surface area contributed by atoms with Crippen LogP contribution >= 0.6 is 0 Å². The number of hydrogen-bond donors (Lipinski definition) is 1. The van der Waals surface area contributed by atoms with Gasteiger partial charge in [-0.1, -0.05) is 74.5 Å². The number of furan rings is 1. The molecule has 0 radical (unpaired) electrons. The summed E-state index contributed by atoms with van der Waals surface area (Å²) in [4.78, 5) is 0. The third-order valence-corrected chi connectivity index (χ3v) is 4.69. The second-order valence-electron chi connectivity index (χ2n) is 10.2. The lowest BCUT2D eigenvalue weighted by atomic mass is 9.78. The molecule has 0 spiro atoms. The minimum absolute atomic E-state index is 0.00922. The minimum Gasteiger partial charge on any atom is -0.468 e. The second-order valence-corrected chi connectivity index (χ2v) is 10.2. The number of H-pyrrole nitrogens is 1. The maximum Gasteiger partial charge on any atom is 0.224 e. The molecule has 0 bridgehead atoms. The summed E-state index contributed by atoms with van der Waals surface area (Å²) in [6.07, 6.45) is 1.82. The maximum absolute atomic E-state index is 5.86. The molecule has 4 nitrogen and oxygen atoms in total. The third-order valence-electron chi connectivity index (χ3n) is 4.69. The van der Waals surface area contributed by atoms with Crippen molar-refractivity contribution >= 4 is 0 Å². The van der Waals surface area contributed by atoms with Crippen molar-refractivity contribution < 1.29 is 9.10 Å². The lowest BCUT2D eigenvalue weighted by Gasteiger charge is -2.28. The molecule has 2 rings (SSSR count). The van der Waals surface area contributed by atoms with E-state index in [0.717, 1.165) is 18.0 Å². The van der Waals surface area contributed by atoms with E-state index in [2.05, 4.69) is 90.3 Å².